The summed E-state index contributed by atoms with van der Waals surface area (Å²) in [5.74, 6) is -1.14. The van der Waals surface area contributed by atoms with E-state index in [1.165, 1.54) is 30.5 Å². The van der Waals surface area contributed by atoms with Gasteiger partial charge in [0.25, 0.3) is 15.9 Å². The van der Waals surface area contributed by atoms with Crippen molar-refractivity contribution >= 4 is 21.8 Å². The molecule has 0 atom stereocenters. The molecular formula is C24H20N4O5S. The van der Waals surface area contributed by atoms with Gasteiger partial charge in [-0.1, -0.05) is 35.9 Å². The highest BCUT2D eigenvalue weighted by atomic mass is 32.2. The Morgan fingerprint density at radius 2 is 1.76 bits per heavy atom. The molecule has 2 heterocycles. The van der Waals surface area contributed by atoms with Crippen molar-refractivity contribution in [1.29, 1.82) is 0 Å². The molecule has 0 amide bonds. The van der Waals surface area contributed by atoms with Crippen molar-refractivity contribution in [3.8, 4) is 17.1 Å². The molecule has 0 aliphatic carbocycles. The first kappa shape index (κ1) is 22.9. The zero-order valence-electron chi connectivity index (χ0n) is 18.0. The van der Waals surface area contributed by atoms with Gasteiger partial charge < -0.3 is 9.84 Å². The summed E-state index contributed by atoms with van der Waals surface area (Å²) in [4.78, 5) is 23.9. The fraction of sp³-hybridized carbons (Fsp3) is 0.0833. The first-order valence-corrected chi connectivity index (χ1v) is 11.6. The van der Waals surface area contributed by atoms with Gasteiger partial charge in [-0.3, -0.25) is 9.71 Å². The molecule has 2 aromatic heterocycles. The third-order valence-corrected chi connectivity index (χ3v) is 6.18. The number of hydrogen-bond donors (Lipinski definition) is 2. The van der Waals surface area contributed by atoms with Gasteiger partial charge in [-0.25, -0.2) is 23.2 Å². The predicted molar refractivity (Wildman–Crippen MR) is 125 cm³/mol. The van der Waals surface area contributed by atoms with Crippen LogP contribution < -0.4 is 9.46 Å². The van der Waals surface area contributed by atoms with Gasteiger partial charge in [-0.05, 0) is 37.3 Å². The number of carboxylic acid groups (broad SMARTS) is 1. The molecule has 0 radical (unpaired) electrons. The maximum Gasteiger partial charge on any atom is 0.335 e. The van der Waals surface area contributed by atoms with E-state index in [0.29, 0.717) is 11.3 Å². The van der Waals surface area contributed by atoms with Gasteiger partial charge in [0.05, 0.1) is 22.3 Å². The van der Waals surface area contributed by atoms with E-state index in [0.717, 1.165) is 11.1 Å². The largest absolute Gasteiger partial charge is 0.478 e. The third-order valence-electron chi connectivity index (χ3n) is 4.83. The molecule has 172 valence electrons. The van der Waals surface area contributed by atoms with Gasteiger partial charge in [-0.15, -0.1) is 0 Å². The SMILES string of the molecule is Cc1ccc(S(=O)(=O)Nc2ncc(-c3ccc(C(=O)O)cc3)nc2OCc2cccnc2)cc1. The minimum Gasteiger partial charge on any atom is -0.478 e. The lowest BCUT2D eigenvalue weighted by atomic mass is 10.1. The lowest BCUT2D eigenvalue weighted by molar-refractivity contribution is 0.0697. The van der Waals surface area contributed by atoms with E-state index in [1.54, 1.807) is 42.7 Å². The number of rotatable bonds is 8. The van der Waals surface area contributed by atoms with E-state index in [9.17, 15) is 13.2 Å². The summed E-state index contributed by atoms with van der Waals surface area (Å²) >= 11 is 0. The topological polar surface area (TPSA) is 131 Å². The lowest BCUT2D eigenvalue weighted by Crippen LogP contribution is -2.15. The summed E-state index contributed by atoms with van der Waals surface area (Å²) in [6.45, 7) is 1.95. The molecular weight excluding hydrogens is 456 g/mol. The first-order valence-electron chi connectivity index (χ1n) is 10.1. The Labute approximate surface area is 196 Å². The number of aromatic carboxylic acids is 1. The smallest absolute Gasteiger partial charge is 0.335 e. The van der Waals surface area contributed by atoms with Crippen molar-refractivity contribution < 1.29 is 23.1 Å². The number of benzene rings is 2. The molecule has 2 aromatic carbocycles. The number of sulfonamides is 1. The van der Waals surface area contributed by atoms with Gasteiger partial charge in [0.15, 0.2) is 0 Å². The molecule has 4 rings (SSSR count). The van der Waals surface area contributed by atoms with Crippen molar-refractivity contribution in [2.24, 2.45) is 0 Å². The van der Waals surface area contributed by atoms with E-state index in [4.69, 9.17) is 9.84 Å². The molecule has 0 saturated heterocycles. The van der Waals surface area contributed by atoms with Gasteiger partial charge in [0, 0.05) is 23.5 Å². The third kappa shape index (κ3) is 5.36. The number of nitrogens with zero attached hydrogens (tertiary/aromatic N) is 3. The number of aryl methyl sites for hydroxylation is 1. The van der Waals surface area contributed by atoms with Crippen LogP contribution in [0.4, 0.5) is 5.82 Å². The van der Waals surface area contributed by atoms with E-state index in [1.807, 2.05) is 13.0 Å². The summed E-state index contributed by atoms with van der Waals surface area (Å²) in [6, 6.07) is 16.0. The minimum atomic E-state index is -3.94. The molecule has 2 N–H and O–H groups in total. The molecule has 0 saturated carbocycles. The van der Waals surface area contributed by atoms with Crippen molar-refractivity contribution in [1.82, 2.24) is 15.0 Å². The number of nitrogens with one attached hydrogen (secondary N) is 1. The Bertz CT molecular complexity index is 1410. The maximum atomic E-state index is 12.9. The standard InChI is InChI=1S/C24H20N4O5S/c1-16-4-10-20(11-5-16)34(31,32)28-22-23(33-15-17-3-2-12-25-13-17)27-21(14-26-22)18-6-8-19(9-7-18)24(29)30/h2-14H,15H2,1H3,(H,26,28)(H,29,30). The van der Waals surface area contributed by atoms with Crippen LogP contribution in [0.25, 0.3) is 11.3 Å². The zero-order chi connectivity index (χ0) is 24.1. The van der Waals surface area contributed by atoms with Gasteiger partial charge >= 0.3 is 5.97 Å². The lowest BCUT2D eigenvalue weighted by Gasteiger charge is -2.13. The second kappa shape index (κ2) is 9.67. The van der Waals surface area contributed by atoms with Crippen molar-refractivity contribution in [3.05, 3.63) is 95.9 Å². The van der Waals surface area contributed by atoms with Crippen LogP contribution in [0.1, 0.15) is 21.5 Å². The minimum absolute atomic E-state index is 0.0284. The quantitative estimate of drug-likeness (QED) is 0.391. The number of anilines is 1. The molecule has 10 heteroatoms. The van der Waals surface area contributed by atoms with E-state index >= 15 is 0 Å². The number of aromatic nitrogens is 3. The highest BCUT2D eigenvalue weighted by Gasteiger charge is 2.20. The molecule has 0 aliphatic heterocycles. The maximum absolute atomic E-state index is 12.9. The van der Waals surface area contributed by atoms with Crippen molar-refractivity contribution in [2.75, 3.05) is 4.72 Å². The number of pyridine rings is 1. The van der Waals surface area contributed by atoms with E-state index in [-0.39, 0.29) is 28.8 Å². The molecule has 0 bridgehead atoms. The first-order chi connectivity index (χ1) is 16.3. The molecule has 0 unspecified atom stereocenters. The number of hydrogen-bond acceptors (Lipinski definition) is 7. The van der Waals surface area contributed by atoms with Crippen LogP contribution in [-0.2, 0) is 16.6 Å². The fourth-order valence-electron chi connectivity index (χ4n) is 3.00. The average Bonchev–Trinajstić information content (AvgIpc) is 2.84. The summed E-state index contributed by atoms with van der Waals surface area (Å²) in [7, 11) is -3.94. The monoisotopic (exact) mass is 476 g/mol. The molecule has 0 fully saturated rings. The second-order valence-corrected chi connectivity index (χ2v) is 9.04. The Morgan fingerprint density at radius 1 is 1.03 bits per heavy atom. The summed E-state index contributed by atoms with van der Waals surface area (Å²) < 4.78 is 34.0. The Balaban J connectivity index is 1.68. The van der Waals surface area contributed by atoms with E-state index < -0.39 is 16.0 Å². The normalized spacial score (nSPS) is 11.1. The summed E-state index contributed by atoms with van der Waals surface area (Å²) in [6.07, 6.45) is 4.64. The average molecular weight is 477 g/mol. The van der Waals surface area contributed by atoms with Gasteiger partial charge in [0.2, 0.25) is 5.82 Å². The molecule has 4 aromatic rings. The molecule has 0 aliphatic rings. The highest BCUT2D eigenvalue weighted by Crippen LogP contribution is 2.28. The second-order valence-electron chi connectivity index (χ2n) is 7.36. The van der Waals surface area contributed by atoms with Gasteiger partial charge in [0.1, 0.15) is 6.61 Å². The number of carbonyl (C=O) groups is 1. The van der Waals surface area contributed by atoms with Crippen LogP contribution in [0.3, 0.4) is 0 Å². The van der Waals surface area contributed by atoms with Crippen LogP contribution in [0, 0.1) is 6.92 Å². The van der Waals surface area contributed by atoms with Crippen LogP contribution in [0.2, 0.25) is 0 Å². The number of ether oxygens (including phenoxy) is 1. The number of carboxylic acids is 1. The van der Waals surface area contributed by atoms with Crippen LogP contribution in [-0.4, -0.2) is 34.4 Å². The van der Waals surface area contributed by atoms with Gasteiger partial charge in [-0.2, -0.15) is 0 Å². The summed E-state index contributed by atoms with van der Waals surface area (Å²) in [5, 5.41) is 9.10. The van der Waals surface area contributed by atoms with Crippen LogP contribution in [0.15, 0.2) is 84.1 Å². The molecule has 0 spiro atoms. The fourth-order valence-corrected chi connectivity index (χ4v) is 4.01. The highest BCUT2D eigenvalue weighted by molar-refractivity contribution is 7.92. The van der Waals surface area contributed by atoms with Crippen molar-refractivity contribution in [3.63, 3.8) is 0 Å². The summed E-state index contributed by atoms with van der Waals surface area (Å²) in [5.41, 5.74) is 2.80. The molecule has 34 heavy (non-hydrogen) atoms. The van der Waals surface area contributed by atoms with Crippen LogP contribution in [0.5, 0.6) is 5.88 Å². The Morgan fingerprint density at radius 3 is 2.41 bits per heavy atom. The predicted octanol–water partition coefficient (Wildman–Crippen LogP) is 3.93. The Kier molecular flexibility index (Phi) is 6.51. The van der Waals surface area contributed by atoms with E-state index in [2.05, 4.69) is 19.7 Å². The Hall–Kier alpha value is -4.31. The van der Waals surface area contributed by atoms with Crippen molar-refractivity contribution in [2.45, 2.75) is 18.4 Å². The van der Waals surface area contributed by atoms with Crippen LogP contribution >= 0.6 is 0 Å². The zero-order valence-corrected chi connectivity index (χ0v) is 18.9. The molecule has 9 nitrogen and oxygen atoms in total.